The van der Waals surface area contributed by atoms with E-state index in [9.17, 15) is 17.9 Å². The summed E-state index contributed by atoms with van der Waals surface area (Å²) in [5.41, 5.74) is 5.10. The molecule has 0 bridgehead atoms. The predicted octanol–water partition coefficient (Wildman–Crippen LogP) is 1.47. The number of benzene rings is 1. The smallest absolute Gasteiger partial charge is 0.241 e. The molecule has 0 fully saturated rings. The largest absolute Gasteiger partial charge is 0.396 e. The highest BCUT2D eigenvalue weighted by atomic mass is 79.9. The van der Waals surface area contributed by atoms with Crippen LogP contribution in [-0.2, 0) is 10.0 Å². The molecule has 1 aromatic rings. The predicted molar refractivity (Wildman–Crippen MR) is 74.5 cm³/mol. The number of sulfonamides is 1. The number of nitrogens with two attached hydrogens (primary N) is 1. The highest BCUT2D eigenvalue weighted by molar-refractivity contribution is 9.10. The summed E-state index contributed by atoms with van der Waals surface area (Å²) in [4.78, 5) is -0.164. The fraction of sp³-hybridized carbons (Fsp3) is 0.455. The third-order valence-electron chi connectivity index (χ3n) is 2.59. The van der Waals surface area contributed by atoms with Crippen molar-refractivity contribution in [2.45, 2.75) is 24.8 Å². The summed E-state index contributed by atoms with van der Waals surface area (Å²) in [5, 5.41) is 9.58. The van der Waals surface area contributed by atoms with Gasteiger partial charge in [0.15, 0.2) is 0 Å². The van der Waals surface area contributed by atoms with Gasteiger partial charge in [-0.2, -0.15) is 0 Å². The molecule has 1 rings (SSSR count). The molecule has 0 saturated heterocycles. The molecule has 5 nitrogen and oxygen atoms in total. The molecule has 1 atom stereocenters. The lowest BCUT2D eigenvalue weighted by molar-refractivity contribution is 0.129. The van der Waals surface area contributed by atoms with Crippen LogP contribution in [0.2, 0.25) is 0 Å². The van der Waals surface area contributed by atoms with E-state index in [1.165, 1.54) is 0 Å². The van der Waals surface area contributed by atoms with Crippen LogP contribution in [0.15, 0.2) is 21.5 Å². The Balaban J connectivity index is 2.98. The maximum atomic E-state index is 13.2. The Morgan fingerprint density at radius 3 is 2.58 bits per heavy atom. The van der Waals surface area contributed by atoms with Crippen molar-refractivity contribution in [1.82, 2.24) is 4.72 Å². The maximum absolute atomic E-state index is 13.2. The second-order valence-electron chi connectivity index (χ2n) is 4.47. The zero-order chi connectivity index (χ0) is 14.8. The molecule has 0 amide bonds. The van der Waals surface area contributed by atoms with E-state index in [-0.39, 0.29) is 27.5 Å². The van der Waals surface area contributed by atoms with Crippen molar-refractivity contribution in [3.8, 4) is 0 Å². The summed E-state index contributed by atoms with van der Waals surface area (Å²) < 4.78 is 39.5. The summed E-state index contributed by atoms with van der Waals surface area (Å²) in [6, 6.07) is 2.02. The Labute approximate surface area is 120 Å². The van der Waals surface area contributed by atoms with Crippen molar-refractivity contribution in [3.63, 3.8) is 0 Å². The third kappa shape index (κ3) is 4.13. The van der Waals surface area contributed by atoms with Gasteiger partial charge < -0.3 is 10.8 Å². The van der Waals surface area contributed by atoms with E-state index in [0.29, 0.717) is 0 Å². The van der Waals surface area contributed by atoms with E-state index in [1.807, 2.05) is 0 Å². The standard InChI is InChI=1S/C11H16BrFN2O3S/c1-6(2)10(16)5-15-19(17,18)11-4-9(14)8(13)3-7(11)12/h3-4,6,10,15-16H,5,14H2,1-2H3. The van der Waals surface area contributed by atoms with Crippen molar-refractivity contribution in [2.75, 3.05) is 12.3 Å². The van der Waals surface area contributed by atoms with Gasteiger partial charge in [-0.15, -0.1) is 0 Å². The fourth-order valence-electron chi connectivity index (χ4n) is 1.26. The van der Waals surface area contributed by atoms with Gasteiger partial charge in [0.25, 0.3) is 0 Å². The van der Waals surface area contributed by atoms with Crippen LogP contribution < -0.4 is 10.5 Å². The van der Waals surface area contributed by atoms with Crippen molar-refractivity contribution >= 4 is 31.6 Å². The minimum atomic E-state index is -3.86. The van der Waals surface area contributed by atoms with Gasteiger partial charge in [0.1, 0.15) is 5.82 Å². The van der Waals surface area contributed by atoms with Gasteiger partial charge in [0.05, 0.1) is 16.7 Å². The van der Waals surface area contributed by atoms with Crippen LogP contribution in [0.25, 0.3) is 0 Å². The highest BCUT2D eigenvalue weighted by Crippen LogP contribution is 2.26. The van der Waals surface area contributed by atoms with E-state index >= 15 is 0 Å². The van der Waals surface area contributed by atoms with E-state index in [4.69, 9.17) is 5.73 Å². The number of rotatable bonds is 5. The number of nitrogen functional groups attached to an aromatic ring is 1. The molecule has 4 N–H and O–H groups in total. The summed E-state index contributed by atoms with van der Waals surface area (Å²) in [5.74, 6) is -0.780. The monoisotopic (exact) mass is 354 g/mol. The normalized spacial score (nSPS) is 13.8. The fourth-order valence-corrected chi connectivity index (χ4v) is 3.36. The minimum absolute atomic E-state index is 0.0748. The molecule has 0 aliphatic carbocycles. The van der Waals surface area contributed by atoms with Crippen LogP contribution in [0.1, 0.15) is 13.8 Å². The first-order chi connectivity index (χ1) is 8.65. The van der Waals surface area contributed by atoms with E-state index in [1.54, 1.807) is 13.8 Å². The SMILES string of the molecule is CC(C)C(O)CNS(=O)(=O)c1cc(N)c(F)cc1Br. The first kappa shape index (κ1) is 16.4. The number of nitrogens with one attached hydrogen (secondary N) is 1. The molecular formula is C11H16BrFN2O3S. The quantitative estimate of drug-likeness (QED) is 0.698. The van der Waals surface area contributed by atoms with Crippen LogP contribution in [0, 0.1) is 11.7 Å². The second-order valence-corrected chi connectivity index (χ2v) is 7.06. The zero-order valence-electron chi connectivity index (χ0n) is 10.5. The first-order valence-electron chi connectivity index (χ1n) is 5.57. The summed E-state index contributed by atoms with van der Waals surface area (Å²) in [7, 11) is -3.86. The Morgan fingerprint density at radius 1 is 1.47 bits per heavy atom. The second kappa shape index (κ2) is 6.17. The van der Waals surface area contributed by atoms with Gasteiger partial charge in [-0.3, -0.25) is 0 Å². The Morgan fingerprint density at radius 2 is 2.05 bits per heavy atom. The first-order valence-corrected chi connectivity index (χ1v) is 7.85. The molecule has 0 aromatic heterocycles. The molecule has 0 aliphatic rings. The molecule has 0 heterocycles. The van der Waals surface area contributed by atoms with Gasteiger partial charge in [0.2, 0.25) is 10.0 Å². The average molecular weight is 355 g/mol. The number of aliphatic hydroxyl groups excluding tert-OH is 1. The molecule has 19 heavy (non-hydrogen) atoms. The van der Waals surface area contributed by atoms with Gasteiger partial charge in [-0.25, -0.2) is 17.5 Å². The number of anilines is 1. The molecular weight excluding hydrogens is 339 g/mol. The maximum Gasteiger partial charge on any atom is 0.241 e. The Kier molecular flexibility index (Phi) is 5.31. The van der Waals surface area contributed by atoms with E-state index in [2.05, 4.69) is 20.7 Å². The lowest BCUT2D eigenvalue weighted by Gasteiger charge is -2.16. The molecule has 1 unspecified atom stereocenters. The van der Waals surface area contributed by atoms with Crippen LogP contribution in [0.5, 0.6) is 0 Å². The van der Waals surface area contributed by atoms with Crippen molar-refractivity contribution in [2.24, 2.45) is 5.92 Å². The van der Waals surface area contributed by atoms with E-state index < -0.39 is 21.9 Å². The highest BCUT2D eigenvalue weighted by Gasteiger charge is 2.21. The molecule has 0 radical (unpaired) electrons. The molecule has 0 saturated carbocycles. The van der Waals surface area contributed by atoms with Crippen molar-refractivity contribution in [1.29, 1.82) is 0 Å². The average Bonchev–Trinajstić information content (AvgIpc) is 2.30. The number of hydrogen-bond donors (Lipinski definition) is 3. The number of aliphatic hydroxyl groups is 1. The lowest BCUT2D eigenvalue weighted by Crippen LogP contribution is -2.34. The zero-order valence-corrected chi connectivity index (χ0v) is 12.9. The van der Waals surface area contributed by atoms with Gasteiger partial charge in [-0.05, 0) is 34.0 Å². The van der Waals surface area contributed by atoms with Gasteiger partial charge in [-0.1, -0.05) is 13.8 Å². The Bertz CT molecular complexity index is 563. The molecule has 0 spiro atoms. The molecule has 0 aliphatic heterocycles. The van der Waals surface area contributed by atoms with Crippen LogP contribution in [-0.4, -0.2) is 26.2 Å². The number of hydrogen-bond acceptors (Lipinski definition) is 4. The molecule has 108 valence electrons. The third-order valence-corrected chi connectivity index (χ3v) is 4.97. The summed E-state index contributed by atoms with van der Waals surface area (Å²) in [6.45, 7) is 3.42. The van der Waals surface area contributed by atoms with Crippen LogP contribution in [0.4, 0.5) is 10.1 Å². The lowest BCUT2D eigenvalue weighted by atomic mass is 10.1. The van der Waals surface area contributed by atoms with Crippen LogP contribution >= 0.6 is 15.9 Å². The summed E-state index contributed by atoms with van der Waals surface area (Å²) in [6.07, 6.45) is -0.800. The molecule has 1 aromatic carbocycles. The topological polar surface area (TPSA) is 92.4 Å². The minimum Gasteiger partial charge on any atom is -0.396 e. The van der Waals surface area contributed by atoms with Crippen molar-refractivity contribution in [3.05, 3.63) is 22.4 Å². The molecule has 8 heteroatoms. The van der Waals surface area contributed by atoms with E-state index in [0.717, 1.165) is 12.1 Å². The van der Waals surface area contributed by atoms with Gasteiger partial charge >= 0.3 is 0 Å². The van der Waals surface area contributed by atoms with Gasteiger partial charge in [0, 0.05) is 11.0 Å². The van der Waals surface area contributed by atoms with Crippen LogP contribution in [0.3, 0.4) is 0 Å². The number of halogens is 2. The van der Waals surface area contributed by atoms with Crippen molar-refractivity contribution < 1.29 is 17.9 Å². The Hall–Kier alpha value is -0.700. The summed E-state index contributed by atoms with van der Waals surface area (Å²) >= 11 is 2.98.